The summed E-state index contributed by atoms with van der Waals surface area (Å²) in [5.41, 5.74) is 1.75. The average Bonchev–Trinajstić information content (AvgIpc) is 3.34. The Labute approximate surface area is 228 Å². The zero-order chi connectivity index (χ0) is 26.4. The van der Waals surface area contributed by atoms with Gasteiger partial charge in [-0.1, -0.05) is 59.0 Å². The number of fused-ring (bicyclic) bond motifs is 4. The van der Waals surface area contributed by atoms with Crippen LogP contribution in [0.4, 0.5) is 5.69 Å². The molecule has 0 aliphatic carbocycles. The molecule has 1 N–H and O–H groups in total. The van der Waals surface area contributed by atoms with Crippen molar-refractivity contribution < 1.29 is 26.0 Å². The van der Waals surface area contributed by atoms with E-state index >= 15 is 0 Å². The van der Waals surface area contributed by atoms with Crippen molar-refractivity contribution in [2.45, 2.75) is 17.9 Å². The van der Waals surface area contributed by atoms with Crippen LogP contribution in [0.25, 0.3) is 27.1 Å². The summed E-state index contributed by atoms with van der Waals surface area (Å²) >= 11 is 9.28. The van der Waals surface area contributed by atoms with Gasteiger partial charge in [0, 0.05) is 22.1 Å². The molecule has 4 aromatic rings. The Morgan fingerprint density at radius 3 is 2.65 bits per heavy atom. The van der Waals surface area contributed by atoms with Gasteiger partial charge >= 0.3 is 0 Å². The zero-order valence-electron chi connectivity index (χ0n) is 19.5. The highest BCUT2D eigenvalue weighted by Crippen LogP contribution is 2.47. The fourth-order valence-corrected chi connectivity index (χ4v) is 7.54. The van der Waals surface area contributed by atoms with Gasteiger partial charge in [0.25, 0.3) is 5.01 Å². The minimum absolute atomic E-state index is 0.0211. The van der Waals surface area contributed by atoms with Crippen LogP contribution in [0.2, 0.25) is 5.02 Å². The van der Waals surface area contributed by atoms with Crippen LogP contribution in [0.5, 0.6) is 0 Å². The molecule has 37 heavy (non-hydrogen) atoms. The Kier molecular flexibility index (Phi) is 7.26. The van der Waals surface area contributed by atoms with Gasteiger partial charge in [-0.3, -0.25) is 0 Å². The van der Waals surface area contributed by atoms with Gasteiger partial charge < -0.3 is 9.45 Å². The summed E-state index contributed by atoms with van der Waals surface area (Å²) in [5, 5.41) is 4.24. The molecule has 3 aromatic carbocycles. The number of benzene rings is 3. The first-order chi connectivity index (χ1) is 17.5. The number of hydrogen-bond donors (Lipinski definition) is 1. The minimum Gasteiger partial charge on any atom is -0.748 e. The number of hydrogen-bond acceptors (Lipinski definition) is 8. The molecule has 0 saturated carbocycles. The summed E-state index contributed by atoms with van der Waals surface area (Å²) < 4.78 is 63.2. The third-order valence-corrected chi connectivity index (χ3v) is 9.70. The number of aromatic nitrogens is 1. The van der Waals surface area contributed by atoms with Crippen molar-refractivity contribution >= 4 is 87.6 Å². The predicted octanol–water partition coefficient (Wildman–Crippen LogP) is 4.35. The molecule has 0 spiro atoms. The molecule has 0 fully saturated rings. The summed E-state index contributed by atoms with van der Waals surface area (Å²) in [6, 6.07) is 17.5. The van der Waals surface area contributed by atoms with Gasteiger partial charge in [-0.2, -0.15) is 9.29 Å². The molecule has 0 atom stereocenters. The van der Waals surface area contributed by atoms with Gasteiger partial charge in [0.1, 0.15) is 4.70 Å². The maximum Gasteiger partial charge on any atom is 0.265 e. The van der Waals surface area contributed by atoms with Crippen LogP contribution in [-0.2, 0) is 26.7 Å². The number of halogens is 1. The Bertz CT molecular complexity index is 1770. The molecule has 1 aromatic heterocycles. The summed E-state index contributed by atoms with van der Waals surface area (Å²) in [6.45, 7) is 0.354. The normalized spacial score (nSPS) is 15.2. The molecule has 0 radical (unpaired) electrons. The molecule has 0 bridgehead atoms. The Balaban J connectivity index is 1.64. The molecule has 0 unspecified atom stereocenters. The van der Waals surface area contributed by atoms with E-state index in [0.717, 1.165) is 47.9 Å². The number of thiazole rings is 1. The maximum absolute atomic E-state index is 11.9. The summed E-state index contributed by atoms with van der Waals surface area (Å²) in [5.74, 6) is -0.457. The minimum atomic E-state index is -4.34. The topological polar surface area (TPSA) is 110 Å². The molecular formula is C24H22ClN3O5S4. The molecule has 1 aliphatic heterocycles. The summed E-state index contributed by atoms with van der Waals surface area (Å²) in [6.07, 6.45) is 3.24. The van der Waals surface area contributed by atoms with E-state index in [1.54, 1.807) is 23.5 Å². The van der Waals surface area contributed by atoms with Crippen molar-refractivity contribution in [1.82, 2.24) is 4.72 Å². The standard InChI is InChI=1S/C24H22ClN3O5S4/c1-36(29,30)26-15-28-19-13-17(25)8-10-20(19)34-23(28)14-22-27(11-4-12-37(31,32)33)24-18-6-3-2-5-16(18)7-9-21(24)35-22/h2-3,5-10,13-14,26H,4,11-12,15H2,1H3. The monoisotopic (exact) mass is 595 g/mol. The Morgan fingerprint density at radius 2 is 1.89 bits per heavy atom. The lowest BCUT2D eigenvalue weighted by atomic mass is 10.1. The molecule has 0 saturated heterocycles. The van der Waals surface area contributed by atoms with Crippen LogP contribution in [0.15, 0.2) is 64.5 Å². The number of rotatable bonds is 8. The van der Waals surface area contributed by atoms with E-state index in [9.17, 15) is 21.4 Å². The van der Waals surface area contributed by atoms with E-state index in [-0.39, 0.29) is 13.1 Å². The number of nitrogens with zero attached hydrogens (tertiary/aromatic N) is 2. The highest BCUT2D eigenvalue weighted by Gasteiger charge is 2.29. The fraction of sp³-hybridized carbons (Fsp3) is 0.208. The Hall–Kier alpha value is -2.19. The molecule has 1 aliphatic rings. The van der Waals surface area contributed by atoms with E-state index in [0.29, 0.717) is 11.6 Å². The van der Waals surface area contributed by atoms with Gasteiger partial charge in [-0.25, -0.2) is 16.8 Å². The van der Waals surface area contributed by atoms with Crippen molar-refractivity contribution in [3.05, 3.63) is 69.7 Å². The SMILES string of the molecule is CS(=O)(=O)NCN1/C(=C/c2sc3ccc4ccccc4c3[n+]2CCCS(=O)(=O)[O-])Sc2ccc(Cl)cc21. The maximum atomic E-state index is 11.9. The first-order valence-electron chi connectivity index (χ1n) is 11.2. The molecule has 13 heteroatoms. The van der Waals surface area contributed by atoms with Crippen molar-refractivity contribution in [1.29, 1.82) is 0 Å². The molecule has 5 rings (SSSR count). The fourth-order valence-electron chi connectivity index (χ4n) is 4.23. The first-order valence-corrected chi connectivity index (χ1v) is 16.7. The lowest BCUT2D eigenvalue weighted by Crippen LogP contribution is -2.37. The molecule has 2 heterocycles. The van der Waals surface area contributed by atoms with Crippen molar-refractivity contribution in [2.75, 3.05) is 23.6 Å². The molecule has 0 amide bonds. The summed E-state index contributed by atoms with van der Waals surface area (Å²) in [4.78, 5) is 2.78. The predicted molar refractivity (Wildman–Crippen MR) is 149 cm³/mol. The smallest absolute Gasteiger partial charge is 0.265 e. The van der Waals surface area contributed by atoms with E-state index in [1.807, 2.05) is 58.0 Å². The van der Waals surface area contributed by atoms with E-state index in [2.05, 4.69) is 4.72 Å². The lowest BCUT2D eigenvalue weighted by molar-refractivity contribution is -0.667. The second-order valence-electron chi connectivity index (χ2n) is 8.54. The van der Waals surface area contributed by atoms with Gasteiger partial charge in [0.15, 0.2) is 6.54 Å². The number of sulfonamides is 1. The molecular weight excluding hydrogens is 574 g/mol. The van der Waals surface area contributed by atoms with E-state index in [1.165, 1.54) is 11.8 Å². The molecule has 8 nitrogen and oxygen atoms in total. The van der Waals surface area contributed by atoms with Gasteiger partial charge in [0.2, 0.25) is 15.5 Å². The van der Waals surface area contributed by atoms with Crippen LogP contribution >= 0.6 is 34.7 Å². The number of anilines is 1. The van der Waals surface area contributed by atoms with E-state index in [4.69, 9.17) is 11.6 Å². The van der Waals surface area contributed by atoms with Gasteiger partial charge in [-0.15, -0.1) is 0 Å². The van der Waals surface area contributed by atoms with Gasteiger partial charge in [-0.05, 0) is 35.7 Å². The van der Waals surface area contributed by atoms with E-state index < -0.39 is 25.9 Å². The average molecular weight is 596 g/mol. The van der Waals surface area contributed by atoms with Crippen LogP contribution in [-0.4, -0.2) is 40.1 Å². The van der Waals surface area contributed by atoms with Crippen LogP contribution in [0.1, 0.15) is 11.4 Å². The Morgan fingerprint density at radius 1 is 1.11 bits per heavy atom. The number of thioether (sulfide) groups is 1. The first kappa shape index (κ1) is 26.4. The lowest BCUT2D eigenvalue weighted by Gasteiger charge is -2.20. The van der Waals surface area contributed by atoms with Crippen LogP contribution in [0, 0.1) is 0 Å². The van der Waals surface area contributed by atoms with Crippen molar-refractivity contribution in [2.24, 2.45) is 0 Å². The highest BCUT2D eigenvalue weighted by molar-refractivity contribution is 8.04. The van der Waals surface area contributed by atoms with Crippen molar-refractivity contribution in [3.63, 3.8) is 0 Å². The van der Waals surface area contributed by atoms with Crippen molar-refractivity contribution in [3.8, 4) is 0 Å². The third-order valence-electron chi connectivity index (χ3n) is 5.81. The largest absolute Gasteiger partial charge is 0.748 e. The number of aryl methyl sites for hydroxylation is 1. The number of nitrogens with one attached hydrogen (secondary N) is 1. The third kappa shape index (κ3) is 5.95. The second kappa shape index (κ2) is 10.2. The zero-order valence-corrected chi connectivity index (χ0v) is 23.6. The van der Waals surface area contributed by atoms with Crippen LogP contribution < -0.4 is 14.2 Å². The van der Waals surface area contributed by atoms with Crippen LogP contribution in [0.3, 0.4) is 0 Å². The highest BCUT2D eigenvalue weighted by atomic mass is 35.5. The summed E-state index contributed by atoms with van der Waals surface area (Å²) in [7, 11) is -7.79. The quantitative estimate of drug-likeness (QED) is 0.238. The van der Waals surface area contributed by atoms with Gasteiger partial charge in [0.05, 0.1) is 45.2 Å². The second-order valence-corrected chi connectivity index (χ2v) is 14.5. The molecule has 194 valence electrons.